The maximum atomic E-state index is 16.6. The molecule has 1 amide bonds. The van der Waals surface area contributed by atoms with Crippen molar-refractivity contribution in [1.82, 2.24) is 19.8 Å². The molecule has 1 unspecified atom stereocenters. The maximum absolute atomic E-state index is 16.6. The zero-order chi connectivity index (χ0) is 28.2. The van der Waals surface area contributed by atoms with Gasteiger partial charge in [-0.3, -0.25) is 4.79 Å². The van der Waals surface area contributed by atoms with E-state index in [2.05, 4.69) is 28.4 Å². The van der Waals surface area contributed by atoms with Gasteiger partial charge in [-0.25, -0.2) is 4.39 Å². The molecule has 3 aliphatic heterocycles. The van der Waals surface area contributed by atoms with Crippen LogP contribution in [-0.4, -0.2) is 77.1 Å². The Morgan fingerprint density at radius 1 is 1.10 bits per heavy atom. The number of likely N-dealkylation sites (N-methyl/N-ethyl adjacent to an activating group) is 1. The summed E-state index contributed by atoms with van der Waals surface area (Å²) in [5.74, 6) is 0.146. The molecule has 3 aromatic carbocycles. The predicted molar refractivity (Wildman–Crippen MR) is 160 cm³/mol. The van der Waals surface area contributed by atoms with Crippen LogP contribution in [0.5, 0.6) is 6.01 Å². The molecular formula is C32H31ClFN5O2. The van der Waals surface area contributed by atoms with E-state index >= 15 is 4.39 Å². The van der Waals surface area contributed by atoms with Crippen LogP contribution < -0.4 is 9.64 Å². The van der Waals surface area contributed by atoms with Crippen LogP contribution >= 0.6 is 11.6 Å². The summed E-state index contributed by atoms with van der Waals surface area (Å²) in [5, 5.41) is 2.93. The van der Waals surface area contributed by atoms with Gasteiger partial charge >= 0.3 is 6.01 Å². The summed E-state index contributed by atoms with van der Waals surface area (Å²) in [7, 11) is 2.09. The summed E-state index contributed by atoms with van der Waals surface area (Å²) >= 11 is 6.60. The number of nitrogens with zero attached hydrogens (tertiary/aromatic N) is 5. The van der Waals surface area contributed by atoms with Gasteiger partial charge in [-0.1, -0.05) is 54.6 Å². The summed E-state index contributed by atoms with van der Waals surface area (Å²) in [6, 6.07) is 15.8. The number of hydrogen-bond acceptors (Lipinski definition) is 6. The third-order valence-corrected chi connectivity index (χ3v) is 9.33. The first kappa shape index (κ1) is 26.2. The number of hydrogen-bond donors (Lipinski definition) is 0. The number of likely N-dealkylation sites (tertiary alicyclic amines) is 2. The summed E-state index contributed by atoms with van der Waals surface area (Å²) in [4.78, 5) is 28.1. The van der Waals surface area contributed by atoms with E-state index in [1.54, 1.807) is 6.07 Å². The normalized spacial score (nSPS) is 22.3. The van der Waals surface area contributed by atoms with Gasteiger partial charge in [0.05, 0.1) is 12.1 Å². The van der Waals surface area contributed by atoms with E-state index in [0.717, 1.165) is 36.6 Å². The van der Waals surface area contributed by atoms with E-state index in [0.29, 0.717) is 47.1 Å². The molecule has 0 N–H and O–H groups in total. The number of anilines is 1. The highest BCUT2D eigenvalue weighted by Gasteiger charge is 2.49. The van der Waals surface area contributed by atoms with Crippen molar-refractivity contribution in [1.29, 1.82) is 0 Å². The lowest BCUT2D eigenvalue weighted by Crippen LogP contribution is -2.63. The zero-order valence-electron chi connectivity index (χ0n) is 22.9. The van der Waals surface area contributed by atoms with Crippen molar-refractivity contribution in [2.45, 2.75) is 37.4 Å². The highest BCUT2D eigenvalue weighted by Crippen LogP contribution is 2.42. The molecule has 0 spiro atoms. The molecule has 3 aliphatic rings. The van der Waals surface area contributed by atoms with Crippen molar-refractivity contribution in [2.75, 3.05) is 38.2 Å². The molecule has 0 aliphatic carbocycles. The first-order valence-electron chi connectivity index (χ1n) is 14.1. The maximum Gasteiger partial charge on any atom is 0.319 e. The molecule has 7 nitrogen and oxygen atoms in total. The fourth-order valence-electron chi connectivity index (χ4n) is 6.75. The molecule has 7 rings (SSSR count). The lowest BCUT2D eigenvalue weighted by atomic mass is 9.94. The van der Waals surface area contributed by atoms with Gasteiger partial charge in [0.1, 0.15) is 17.9 Å². The van der Waals surface area contributed by atoms with Crippen LogP contribution in [0.1, 0.15) is 19.3 Å². The van der Waals surface area contributed by atoms with Crippen LogP contribution in [0, 0.1) is 5.82 Å². The average molecular weight is 572 g/mol. The van der Waals surface area contributed by atoms with Gasteiger partial charge in [-0.15, -0.1) is 0 Å². The van der Waals surface area contributed by atoms with E-state index in [9.17, 15) is 4.79 Å². The van der Waals surface area contributed by atoms with E-state index in [1.165, 1.54) is 6.08 Å². The minimum Gasteiger partial charge on any atom is -0.462 e. The van der Waals surface area contributed by atoms with Crippen molar-refractivity contribution in [3.8, 4) is 17.1 Å². The Morgan fingerprint density at radius 3 is 2.71 bits per heavy atom. The third-order valence-electron chi connectivity index (χ3n) is 9.01. The molecule has 210 valence electrons. The largest absolute Gasteiger partial charge is 0.462 e. The number of fused-ring (bicyclic) bond motifs is 3. The Bertz CT molecular complexity index is 1690. The third kappa shape index (κ3) is 4.32. The molecule has 0 bridgehead atoms. The number of carbonyl (C=O) groups excluding carboxylic acids is 1. The van der Waals surface area contributed by atoms with Gasteiger partial charge < -0.3 is 19.4 Å². The molecule has 4 aromatic rings. The molecule has 41 heavy (non-hydrogen) atoms. The van der Waals surface area contributed by atoms with Crippen molar-refractivity contribution in [3.05, 3.63) is 72.0 Å². The number of halogens is 2. The minimum atomic E-state index is -0.437. The highest BCUT2D eigenvalue weighted by atomic mass is 35.5. The molecular weight excluding hydrogens is 541 g/mol. The van der Waals surface area contributed by atoms with Crippen LogP contribution in [0.2, 0.25) is 5.02 Å². The second-order valence-corrected chi connectivity index (χ2v) is 11.6. The van der Waals surface area contributed by atoms with Gasteiger partial charge in [0.2, 0.25) is 5.91 Å². The fourth-order valence-corrected chi connectivity index (χ4v) is 7.04. The number of ether oxygens (including phenoxy) is 1. The zero-order valence-corrected chi connectivity index (χ0v) is 23.6. The van der Waals surface area contributed by atoms with Crippen molar-refractivity contribution in [3.63, 3.8) is 0 Å². The molecule has 3 fully saturated rings. The molecule has 0 saturated carbocycles. The summed E-state index contributed by atoms with van der Waals surface area (Å²) in [6.45, 7) is 6.40. The molecule has 1 aromatic heterocycles. The Kier molecular flexibility index (Phi) is 6.55. The number of amides is 1. The summed E-state index contributed by atoms with van der Waals surface area (Å²) in [6.07, 6.45) is 4.35. The topological polar surface area (TPSA) is 61.8 Å². The van der Waals surface area contributed by atoms with Crippen molar-refractivity contribution in [2.24, 2.45) is 0 Å². The molecule has 3 atom stereocenters. The molecule has 3 saturated heterocycles. The van der Waals surface area contributed by atoms with Crippen LogP contribution in [0.25, 0.3) is 32.8 Å². The van der Waals surface area contributed by atoms with E-state index in [4.69, 9.17) is 21.3 Å². The first-order valence-corrected chi connectivity index (χ1v) is 14.5. The Balaban J connectivity index is 1.32. The van der Waals surface area contributed by atoms with Crippen molar-refractivity contribution >= 4 is 45.0 Å². The van der Waals surface area contributed by atoms with E-state index in [-0.39, 0.29) is 35.6 Å². The number of benzene rings is 3. The van der Waals surface area contributed by atoms with E-state index in [1.807, 2.05) is 47.4 Å². The second-order valence-electron chi connectivity index (χ2n) is 11.2. The van der Waals surface area contributed by atoms with Crippen LogP contribution in [0.15, 0.2) is 61.2 Å². The van der Waals surface area contributed by atoms with Crippen LogP contribution in [0.3, 0.4) is 0 Å². The van der Waals surface area contributed by atoms with Gasteiger partial charge in [-0.2, -0.15) is 9.97 Å². The fraction of sp³-hybridized carbons (Fsp3) is 0.344. The van der Waals surface area contributed by atoms with Gasteiger partial charge in [-0.05, 0) is 62.0 Å². The summed E-state index contributed by atoms with van der Waals surface area (Å²) in [5.41, 5.74) is 1.35. The average Bonchev–Trinajstić information content (AvgIpc) is 3.53. The van der Waals surface area contributed by atoms with Crippen molar-refractivity contribution < 1.29 is 13.9 Å². The van der Waals surface area contributed by atoms with Gasteiger partial charge in [0.25, 0.3) is 0 Å². The standard InChI is InChI=1S/C32H31ClFN5O2/c1-3-27(40)38-16-14-25-26(38)17-39(25)31-23-13-12-22(21-10-4-7-19-8-5-11-24(33)28(19)21)29(34)30(23)35-32(36-31)41-18-20-9-6-15-37(20)2/h3-5,7-8,10-13,20,25-26H,1,6,9,14-18H2,2H3/t20-,25?,26+/m0/s1. The summed E-state index contributed by atoms with van der Waals surface area (Å²) < 4.78 is 22.7. The number of carbonyl (C=O) groups is 1. The Hall–Kier alpha value is -3.75. The smallest absolute Gasteiger partial charge is 0.319 e. The van der Waals surface area contributed by atoms with Gasteiger partial charge in [0.15, 0.2) is 5.82 Å². The lowest BCUT2D eigenvalue weighted by molar-refractivity contribution is -0.127. The monoisotopic (exact) mass is 571 g/mol. The molecule has 4 heterocycles. The quantitative estimate of drug-likeness (QED) is 0.277. The molecule has 0 radical (unpaired) electrons. The minimum absolute atomic E-state index is 0.0566. The Morgan fingerprint density at radius 2 is 1.93 bits per heavy atom. The van der Waals surface area contributed by atoms with E-state index < -0.39 is 5.82 Å². The van der Waals surface area contributed by atoms with Gasteiger partial charge in [0, 0.05) is 40.5 Å². The second kappa shape index (κ2) is 10.3. The Labute approximate surface area is 243 Å². The highest BCUT2D eigenvalue weighted by molar-refractivity contribution is 6.36. The number of aromatic nitrogens is 2. The number of rotatable bonds is 6. The van der Waals surface area contributed by atoms with Crippen LogP contribution in [0.4, 0.5) is 10.2 Å². The van der Waals surface area contributed by atoms with Crippen LogP contribution in [-0.2, 0) is 4.79 Å². The molecule has 9 heteroatoms. The predicted octanol–water partition coefficient (Wildman–Crippen LogP) is 5.69. The SMILES string of the molecule is C=CC(=O)N1CCC2[C@H]1CN2c1nc(OC[C@@H]2CCCN2C)nc2c(F)c(-c3cccc4cccc(Cl)c34)ccc12. The first-order chi connectivity index (χ1) is 19.9. The lowest BCUT2D eigenvalue weighted by Gasteiger charge is -2.47.